The molecule has 0 fully saturated rings. The third-order valence-electron chi connectivity index (χ3n) is 2.42. The van der Waals surface area contributed by atoms with E-state index in [0.717, 1.165) is 0 Å². The quantitative estimate of drug-likeness (QED) is 0.661. The van der Waals surface area contributed by atoms with Crippen molar-refractivity contribution in [2.45, 2.75) is 13.0 Å². The molecule has 0 aliphatic carbocycles. The smallest absolute Gasteiger partial charge is 0.279 e. The van der Waals surface area contributed by atoms with E-state index in [2.05, 4.69) is 9.71 Å². The molecule has 8 heteroatoms. The van der Waals surface area contributed by atoms with Crippen molar-refractivity contribution >= 4 is 10.2 Å². The molecule has 0 spiro atoms. The summed E-state index contributed by atoms with van der Waals surface area (Å²) in [5, 5.41) is 0. The maximum Gasteiger partial charge on any atom is 0.279 e. The molecule has 0 radical (unpaired) electrons. The van der Waals surface area contributed by atoms with Gasteiger partial charge in [0.05, 0.1) is 6.54 Å². The van der Waals surface area contributed by atoms with Crippen LogP contribution >= 0.6 is 0 Å². The number of rotatable bonds is 7. The van der Waals surface area contributed by atoms with E-state index >= 15 is 0 Å². The highest BCUT2D eigenvalue weighted by molar-refractivity contribution is 7.87. The Morgan fingerprint density at radius 3 is 2.82 bits per heavy atom. The number of aryl methyl sites for hydroxylation is 1. The zero-order chi connectivity index (χ0) is 12.9. The molecule has 17 heavy (non-hydrogen) atoms. The highest BCUT2D eigenvalue weighted by atomic mass is 32.2. The molecule has 0 unspecified atom stereocenters. The Labute approximate surface area is 102 Å². The first-order valence-corrected chi connectivity index (χ1v) is 6.78. The Balaban J connectivity index is 2.52. The summed E-state index contributed by atoms with van der Waals surface area (Å²) in [4.78, 5) is 4.04. The van der Waals surface area contributed by atoms with E-state index in [4.69, 9.17) is 5.73 Å². The Bertz CT molecular complexity index is 442. The van der Waals surface area contributed by atoms with Crippen LogP contribution < -0.4 is 10.5 Å². The minimum atomic E-state index is -3.45. The second kappa shape index (κ2) is 6.10. The van der Waals surface area contributed by atoms with Crippen LogP contribution in [-0.2, 0) is 23.8 Å². The molecule has 0 aliphatic rings. The molecule has 0 saturated carbocycles. The maximum atomic E-state index is 11.8. The molecular weight excluding hydrogens is 242 g/mol. The molecule has 1 heterocycles. The van der Waals surface area contributed by atoms with Crippen molar-refractivity contribution in [2.24, 2.45) is 12.8 Å². The molecule has 0 atom stereocenters. The third kappa shape index (κ3) is 4.08. The van der Waals surface area contributed by atoms with Gasteiger partial charge in [0.25, 0.3) is 10.2 Å². The predicted molar refractivity (Wildman–Crippen MR) is 65.3 cm³/mol. The van der Waals surface area contributed by atoms with E-state index < -0.39 is 10.2 Å². The second-order valence-electron chi connectivity index (χ2n) is 3.74. The van der Waals surface area contributed by atoms with Crippen molar-refractivity contribution in [3.8, 4) is 0 Å². The Morgan fingerprint density at radius 1 is 1.59 bits per heavy atom. The lowest BCUT2D eigenvalue weighted by atomic mass is 10.4. The summed E-state index contributed by atoms with van der Waals surface area (Å²) in [6, 6.07) is 0. The average Bonchev–Trinajstić information content (AvgIpc) is 2.69. The van der Waals surface area contributed by atoms with Gasteiger partial charge >= 0.3 is 0 Å². The largest absolute Gasteiger partial charge is 0.337 e. The molecule has 0 amide bonds. The minimum Gasteiger partial charge on any atom is -0.337 e. The summed E-state index contributed by atoms with van der Waals surface area (Å²) in [6.07, 6.45) is 4.03. The molecule has 7 nitrogen and oxygen atoms in total. The Morgan fingerprint density at radius 2 is 2.29 bits per heavy atom. The van der Waals surface area contributed by atoms with Crippen LogP contribution in [0.3, 0.4) is 0 Å². The first-order chi connectivity index (χ1) is 7.97. The maximum absolute atomic E-state index is 11.8. The van der Waals surface area contributed by atoms with Gasteiger partial charge in [-0.3, -0.25) is 0 Å². The van der Waals surface area contributed by atoms with Gasteiger partial charge in [-0.2, -0.15) is 17.4 Å². The molecule has 1 aromatic heterocycles. The van der Waals surface area contributed by atoms with E-state index in [0.29, 0.717) is 25.3 Å². The van der Waals surface area contributed by atoms with Crippen LogP contribution in [0, 0.1) is 0 Å². The van der Waals surface area contributed by atoms with Gasteiger partial charge in [0, 0.05) is 33.0 Å². The average molecular weight is 261 g/mol. The molecule has 0 bridgehead atoms. The van der Waals surface area contributed by atoms with Gasteiger partial charge in [-0.15, -0.1) is 0 Å². The number of hydrogen-bond acceptors (Lipinski definition) is 4. The van der Waals surface area contributed by atoms with Crippen molar-refractivity contribution in [1.29, 1.82) is 0 Å². The zero-order valence-corrected chi connectivity index (χ0v) is 10.9. The number of imidazole rings is 1. The van der Waals surface area contributed by atoms with E-state index in [-0.39, 0.29) is 6.54 Å². The van der Waals surface area contributed by atoms with Crippen molar-refractivity contribution in [2.75, 3.05) is 20.1 Å². The topological polar surface area (TPSA) is 93.2 Å². The van der Waals surface area contributed by atoms with Crippen LogP contribution in [0.5, 0.6) is 0 Å². The van der Waals surface area contributed by atoms with Gasteiger partial charge in [0.1, 0.15) is 5.82 Å². The second-order valence-corrected chi connectivity index (χ2v) is 5.61. The number of hydrogen-bond donors (Lipinski definition) is 2. The predicted octanol–water partition coefficient (Wildman–Crippen LogP) is -0.965. The lowest BCUT2D eigenvalue weighted by Gasteiger charge is -2.17. The molecule has 1 rings (SSSR count). The lowest BCUT2D eigenvalue weighted by Crippen LogP contribution is -2.39. The van der Waals surface area contributed by atoms with E-state index in [9.17, 15) is 8.42 Å². The van der Waals surface area contributed by atoms with Gasteiger partial charge in [0.15, 0.2) is 0 Å². The zero-order valence-electron chi connectivity index (χ0n) is 10.1. The molecule has 0 aromatic carbocycles. The van der Waals surface area contributed by atoms with Crippen LogP contribution in [0.25, 0.3) is 0 Å². The summed E-state index contributed by atoms with van der Waals surface area (Å²) in [5.41, 5.74) is 5.34. The standard InChI is InChI=1S/C9H19N5O2S/c1-13-7-5-11-9(13)8-12-17(15,16)14(2)6-3-4-10/h5,7,12H,3-4,6,8,10H2,1-2H3. The van der Waals surface area contributed by atoms with Crippen LogP contribution in [0.2, 0.25) is 0 Å². The fraction of sp³-hybridized carbons (Fsp3) is 0.667. The number of nitrogens with one attached hydrogen (secondary N) is 1. The van der Waals surface area contributed by atoms with Crippen LogP contribution in [0.15, 0.2) is 12.4 Å². The summed E-state index contributed by atoms with van der Waals surface area (Å²) >= 11 is 0. The molecule has 98 valence electrons. The van der Waals surface area contributed by atoms with Gasteiger partial charge in [0.2, 0.25) is 0 Å². The lowest BCUT2D eigenvalue weighted by molar-refractivity contribution is 0.451. The van der Waals surface area contributed by atoms with E-state index in [1.54, 1.807) is 17.0 Å². The molecule has 1 aromatic rings. The number of nitrogens with zero attached hydrogens (tertiary/aromatic N) is 3. The van der Waals surface area contributed by atoms with Crippen LogP contribution in [0.1, 0.15) is 12.2 Å². The van der Waals surface area contributed by atoms with Gasteiger partial charge < -0.3 is 10.3 Å². The van der Waals surface area contributed by atoms with Crippen molar-refractivity contribution in [1.82, 2.24) is 18.6 Å². The highest BCUT2D eigenvalue weighted by Gasteiger charge is 2.16. The summed E-state index contributed by atoms with van der Waals surface area (Å²) in [6.45, 7) is 1.06. The van der Waals surface area contributed by atoms with E-state index in [1.165, 1.54) is 11.4 Å². The van der Waals surface area contributed by atoms with Crippen molar-refractivity contribution in [3.63, 3.8) is 0 Å². The minimum absolute atomic E-state index is 0.179. The van der Waals surface area contributed by atoms with Gasteiger partial charge in [-0.1, -0.05) is 0 Å². The van der Waals surface area contributed by atoms with Crippen molar-refractivity contribution in [3.05, 3.63) is 18.2 Å². The van der Waals surface area contributed by atoms with E-state index in [1.807, 2.05) is 7.05 Å². The van der Waals surface area contributed by atoms with Crippen molar-refractivity contribution < 1.29 is 8.42 Å². The monoisotopic (exact) mass is 261 g/mol. The van der Waals surface area contributed by atoms with Crippen LogP contribution in [0.4, 0.5) is 0 Å². The first kappa shape index (κ1) is 14.1. The summed E-state index contributed by atoms with van der Waals surface area (Å²) in [5.74, 6) is 0.667. The fourth-order valence-corrected chi connectivity index (χ4v) is 2.17. The first-order valence-electron chi connectivity index (χ1n) is 5.34. The normalized spacial score (nSPS) is 12.2. The van der Waals surface area contributed by atoms with Gasteiger partial charge in [-0.05, 0) is 13.0 Å². The Kier molecular flexibility index (Phi) is 5.06. The van der Waals surface area contributed by atoms with Crippen LogP contribution in [-0.4, -0.2) is 42.4 Å². The summed E-state index contributed by atoms with van der Waals surface area (Å²) < 4.78 is 29.1. The fourth-order valence-electron chi connectivity index (χ4n) is 1.27. The molecule has 3 N–H and O–H groups in total. The third-order valence-corrected chi connectivity index (χ3v) is 3.93. The summed E-state index contributed by atoms with van der Waals surface area (Å²) in [7, 11) is -0.112. The number of nitrogens with two attached hydrogens (primary N) is 1. The number of aromatic nitrogens is 2. The highest BCUT2D eigenvalue weighted by Crippen LogP contribution is 1.99. The SMILES string of the molecule is CN(CCCN)S(=O)(=O)NCc1nccn1C. The molecule has 0 aliphatic heterocycles. The molecule has 0 saturated heterocycles. The Hall–Kier alpha value is -0.960. The van der Waals surface area contributed by atoms with Gasteiger partial charge in [-0.25, -0.2) is 4.98 Å². The molecular formula is C9H19N5O2S.